The van der Waals surface area contributed by atoms with E-state index in [-0.39, 0.29) is 48.8 Å². The number of hydrogen-bond acceptors (Lipinski definition) is 5. The van der Waals surface area contributed by atoms with Gasteiger partial charge in [-0.3, -0.25) is 19.3 Å². The van der Waals surface area contributed by atoms with Crippen molar-refractivity contribution in [2.24, 2.45) is 5.92 Å². The third kappa shape index (κ3) is 7.36. The molecule has 0 aliphatic carbocycles. The summed E-state index contributed by atoms with van der Waals surface area (Å²) in [4.78, 5) is 46.8. The number of nitrogens with one attached hydrogen (secondary N) is 1. The molecule has 0 bridgehead atoms. The average molecular weight is 326 g/mol. The highest BCUT2D eigenvalue weighted by Gasteiger charge is 2.35. The Bertz CT molecular complexity index is 450. The SMILES string of the molecule is CC(=O)CCCOCCCNC(=O)CCN1C(=O)CC(C)C1=O. The first-order valence-corrected chi connectivity index (χ1v) is 8.10. The Balaban J connectivity index is 2.01. The molecular formula is C16H26N2O5. The van der Waals surface area contributed by atoms with Crippen molar-refractivity contribution in [3.63, 3.8) is 0 Å². The average Bonchev–Trinajstić information content (AvgIpc) is 2.72. The monoisotopic (exact) mass is 326 g/mol. The predicted molar refractivity (Wildman–Crippen MR) is 83.5 cm³/mol. The largest absolute Gasteiger partial charge is 0.381 e. The lowest BCUT2D eigenvalue weighted by molar-refractivity contribution is -0.139. The highest BCUT2D eigenvalue weighted by Crippen LogP contribution is 2.18. The maximum Gasteiger partial charge on any atom is 0.232 e. The van der Waals surface area contributed by atoms with E-state index in [4.69, 9.17) is 4.74 Å². The first-order chi connectivity index (χ1) is 10.9. The summed E-state index contributed by atoms with van der Waals surface area (Å²) in [7, 11) is 0. The number of ketones is 1. The molecule has 1 N–H and O–H groups in total. The van der Waals surface area contributed by atoms with Crippen molar-refractivity contribution in [2.75, 3.05) is 26.3 Å². The van der Waals surface area contributed by atoms with Crippen LogP contribution in [0.3, 0.4) is 0 Å². The van der Waals surface area contributed by atoms with Gasteiger partial charge in [0.15, 0.2) is 0 Å². The summed E-state index contributed by atoms with van der Waals surface area (Å²) >= 11 is 0. The summed E-state index contributed by atoms with van der Waals surface area (Å²) in [5.41, 5.74) is 0. The molecule has 7 heteroatoms. The molecule has 0 aromatic rings. The molecular weight excluding hydrogens is 300 g/mol. The van der Waals surface area contributed by atoms with Gasteiger partial charge in [-0.2, -0.15) is 0 Å². The summed E-state index contributed by atoms with van der Waals surface area (Å²) < 4.78 is 5.35. The molecule has 1 fully saturated rings. The van der Waals surface area contributed by atoms with Crippen LogP contribution in [0.15, 0.2) is 0 Å². The number of nitrogens with zero attached hydrogens (tertiary/aromatic N) is 1. The van der Waals surface area contributed by atoms with Crippen molar-refractivity contribution in [3.05, 3.63) is 0 Å². The van der Waals surface area contributed by atoms with Crippen molar-refractivity contribution in [1.82, 2.24) is 10.2 Å². The summed E-state index contributed by atoms with van der Waals surface area (Å²) in [6, 6.07) is 0. The number of ether oxygens (including phenoxy) is 1. The molecule has 0 aromatic carbocycles. The van der Waals surface area contributed by atoms with Gasteiger partial charge in [0, 0.05) is 51.5 Å². The van der Waals surface area contributed by atoms with Crippen LogP contribution in [0.1, 0.15) is 46.0 Å². The van der Waals surface area contributed by atoms with Gasteiger partial charge >= 0.3 is 0 Å². The Morgan fingerprint density at radius 3 is 2.52 bits per heavy atom. The van der Waals surface area contributed by atoms with E-state index >= 15 is 0 Å². The molecule has 0 spiro atoms. The van der Waals surface area contributed by atoms with Crippen LogP contribution >= 0.6 is 0 Å². The number of Topliss-reactive ketones (excluding diaryl/α,β-unsaturated/α-hetero) is 1. The van der Waals surface area contributed by atoms with E-state index in [2.05, 4.69) is 5.32 Å². The Kier molecular flexibility index (Phi) is 8.47. The quantitative estimate of drug-likeness (QED) is 0.445. The van der Waals surface area contributed by atoms with Gasteiger partial charge in [-0.15, -0.1) is 0 Å². The van der Waals surface area contributed by atoms with Crippen LogP contribution < -0.4 is 5.32 Å². The molecule has 7 nitrogen and oxygen atoms in total. The zero-order valence-corrected chi connectivity index (χ0v) is 13.9. The first-order valence-electron chi connectivity index (χ1n) is 8.10. The molecule has 130 valence electrons. The fourth-order valence-electron chi connectivity index (χ4n) is 2.31. The van der Waals surface area contributed by atoms with E-state index in [1.165, 1.54) is 4.90 Å². The van der Waals surface area contributed by atoms with Gasteiger partial charge in [0.2, 0.25) is 17.7 Å². The first kappa shape index (κ1) is 19.3. The summed E-state index contributed by atoms with van der Waals surface area (Å²) in [6.45, 7) is 4.99. The third-order valence-corrected chi connectivity index (χ3v) is 3.64. The van der Waals surface area contributed by atoms with E-state index in [0.29, 0.717) is 32.6 Å². The fraction of sp³-hybridized carbons (Fsp3) is 0.750. The molecule has 1 atom stereocenters. The molecule has 0 saturated carbocycles. The zero-order chi connectivity index (χ0) is 17.2. The van der Waals surface area contributed by atoms with Gasteiger partial charge in [0.05, 0.1) is 0 Å². The van der Waals surface area contributed by atoms with E-state index in [1.807, 2.05) is 0 Å². The number of likely N-dealkylation sites (tertiary alicyclic amines) is 1. The third-order valence-electron chi connectivity index (χ3n) is 3.64. The normalized spacial score (nSPS) is 17.7. The van der Waals surface area contributed by atoms with E-state index in [9.17, 15) is 19.2 Å². The maximum atomic E-state index is 11.7. The minimum absolute atomic E-state index is 0.129. The number of carbonyl (C=O) groups is 4. The molecule has 3 amide bonds. The minimum atomic E-state index is -0.272. The lowest BCUT2D eigenvalue weighted by Crippen LogP contribution is -2.35. The second-order valence-corrected chi connectivity index (χ2v) is 5.86. The number of carbonyl (C=O) groups excluding carboxylic acids is 4. The highest BCUT2D eigenvalue weighted by atomic mass is 16.5. The molecule has 23 heavy (non-hydrogen) atoms. The molecule has 1 heterocycles. The van der Waals surface area contributed by atoms with Gasteiger partial charge in [0.25, 0.3) is 0 Å². The Hall–Kier alpha value is -1.76. The summed E-state index contributed by atoms with van der Waals surface area (Å²) in [6.07, 6.45) is 2.30. The predicted octanol–water partition coefficient (Wildman–Crippen LogP) is 0.664. The topological polar surface area (TPSA) is 92.8 Å². The van der Waals surface area contributed by atoms with Crippen LogP contribution in [0, 0.1) is 5.92 Å². The van der Waals surface area contributed by atoms with Gasteiger partial charge in [-0.05, 0) is 19.8 Å². The van der Waals surface area contributed by atoms with E-state index in [0.717, 1.165) is 6.42 Å². The molecule has 1 unspecified atom stereocenters. The molecule has 1 aliphatic heterocycles. The van der Waals surface area contributed by atoms with Gasteiger partial charge in [-0.1, -0.05) is 6.92 Å². The van der Waals surface area contributed by atoms with Gasteiger partial charge < -0.3 is 14.8 Å². The number of hydrogen-bond donors (Lipinski definition) is 1. The Morgan fingerprint density at radius 1 is 1.22 bits per heavy atom. The van der Waals surface area contributed by atoms with Crippen molar-refractivity contribution in [1.29, 1.82) is 0 Å². The lowest BCUT2D eigenvalue weighted by atomic mass is 10.1. The molecule has 0 radical (unpaired) electrons. The minimum Gasteiger partial charge on any atom is -0.381 e. The smallest absolute Gasteiger partial charge is 0.232 e. The molecule has 0 aromatic heterocycles. The second-order valence-electron chi connectivity index (χ2n) is 5.86. The fourth-order valence-corrected chi connectivity index (χ4v) is 2.31. The van der Waals surface area contributed by atoms with Gasteiger partial charge in [0.1, 0.15) is 5.78 Å². The highest BCUT2D eigenvalue weighted by molar-refractivity contribution is 6.03. The second kappa shape index (κ2) is 10.1. The van der Waals surface area contributed by atoms with Crippen LogP contribution in [0.5, 0.6) is 0 Å². The van der Waals surface area contributed by atoms with Crippen molar-refractivity contribution >= 4 is 23.5 Å². The number of imide groups is 1. The Labute approximate surface area is 136 Å². The Morgan fingerprint density at radius 2 is 1.91 bits per heavy atom. The standard InChI is InChI=1S/C16H26N2O5/c1-12-11-15(21)18(16(12)22)8-6-14(20)17-7-4-10-23-9-3-5-13(2)19/h12H,3-11H2,1-2H3,(H,17,20). The van der Waals surface area contributed by atoms with E-state index < -0.39 is 0 Å². The molecule has 1 aliphatic rings. The zero-order valence-electron chi connectivity index (χ0n) is 13.9. The summed E-state index contributed by atoms with van der Waals surface area (Å²) in [5, 5.41) is 2.73. The van der Waals surface area contributed by atoms with Crippen molar-refractivity contribution in [2.45, 2.75) is 46.0 Å². The number of rotatable bonds is 11. The van der Waals surface area contributed by atoms with Gasteiger partial charge in [-0.25, -0.2) is 0 Å². The van der Waals surface area contributed by atoms with Crippen LogP contribution in [-0.4, -0.2) is 54.7 Å². The van der Waals surface area contributed by atoms with Crippen LogP contribution in [0.4, 0.5) is 0 Å². The van der Waals surface area contributed by atoms with E-state index in [1.54, 1.807) is 13.8 Å². The van der Waals surface area contributed by atoms with Crippen molar-refractivity contribution < 1.29 is 23.9 Å². The van der Waals surface area contributed by atoms with Crippen molar-refractivity contribution in [3.8, 4) is 0 Å². The van der Waals surface area contributed by atoms with Crippen LogP contribution in [-0.2, 0) is 23.9 Å². The maximum absolute atomic E-state index is 11.7. The summed E-state index contributed by atoms with van der Waals surface area (Å²) in [5.74, 6) is -0.686. The number of amides is 3. The molecule has 1 saturated heterocycles. The van der Waals surface area contributed by atoms with Crippen LogP contribution in [0.2, 0.25) is 0 Å². The molecule has 1 rings (SSSR count). The van der Waals surface area contributed by atoms with Crippen LogP contribution in [0.25, 0.3) is 0 Å². The lowest BCUT2D eigenvalue weighted by Gasteiger charge is -2.14.